The molecule has 4 aromatic rings. The van der Waals surface area contributed by atoms with Crippen LogP contribution in [-0.4, -0.2) is 54.5 Å². The number of pyridine rings is 1. The number of aryl methyl sites for hydroxylation is 1. The van der Waals surface area contributed by atoms with Gasteiger partial charge in [0.1, 0.15) is 23.7 Å². The number of carbonyl (C=O) groups excluding carboxylic acids is 2. The quantitative estimate of drug-likeness (QED) is 0.416. The van der Waals surface area contributed by atoms with E-state index < -0.39 is 0 Å². The van der Waals surface area contributed by atoms with Gasteiger partial charge in [-0.3, -0.25) is 9.59 Å². The van der Waals surface area contributed by atoms with E-state index in [1.165, 1.54) is 6.33 Å². The number of nitrogen functional groups attached to an aromatic ring is 1. The fourth-order valence-electron chi connectivity index (χ4n) is 4.39. The fraction of sp³-hybridized carbons (Fsp3) is 0.259. The highest BCUT2D eigenvalue weighted by atomic mass is 16.2. The Morgan fingerprint density at radius 3 is 2.73 bits per heavy atom. The van der Waals surface area contributed by atoms with E-state index in [1.807, 2.05) is 42.8 Å². The van der Waals surface area contributed by atoms with Crippen molar-refractivity contribution in [2.75, 3.05) is 24.1 Å². The van der Waals surface area contributed by atoms with Gasteiger partial charge in [-0.15, -0.1) is 0 Å². The van der Waals surface area contributed by atoms with Crippen LogP contribution in [0.5, 0.6) is 0 Å². The van der Waals surface area contributed by atoms with Crippen LogP contribution in [0.3, 0.4) is 0 Å². The minimum atomic E-state index is -0.259. The first-order valence-corrected chi connectivity index (χ1v) is 12.1. The predicted octanol–water partition coefficient (Wildman–Crippen LogP) is 3.22. The number of nitrogens with one attached hydrogen (secondary N) is 1. The molecule has 2 amide bonds. The van der Waals surface area contributed by atoms with Crippen LogP contribution in [0, 0.1) is 18.8 Å². The lowest BCUT2D eigenvalue weighted by molar-refractivity contribution is -0.124. The van der Waals surface area contributed by atoms with E-state index in [0.29, 0.717) is 53.4 Å². The standard InChI is InChI=1S/C27H26N8O2/c1-3-4-5-22(36)34-13-11-20(15-34)35-26-23(25(28)30-16-31-26)24(33-35)18-6-8-19(9-7-18)27(37)32-21-14-17(2)10-12-29-21/h6-10,12,14,16,20H,3,11,13,15H2,1-2H3,(H2,28,30,31)(H,29,32,37). The molecule has 1 aromatic carbocycles. The van der Waals surface area contributed by atoms with Gasteiger partial charge in [0.15, 0.2) is 5.65 Å². The lowest BCUT2D eigenvalue weighted by atomic mass is 10.1. The SMILES string of the molecule is CCC#CC(=O)N1CCC(n2nc(-c3ccc(C(=O)Nc4cc(C)ccn4)cc3)c3c(N)ncnc32)C1. The van der Waals surface area contributed by atoms with Crippen molar-refractivity contribution in [3.05, 3.63) is 60.0 Å². The molecule has 1 aliphatic heterocycles. The number of likely N-dealkylation sites (tertiary alicyclic amines) is 1. The first-order chi connectivity index (χ1) is 17.9. The number of carbonyl (C=O) groups is 2. The number of amides is 2. The summed E-state index contributed by atoms with van der Waals surface area (Å²) in [5.74, 6) is 5.90. The molecule has 1 aliphatic rings. The number of anilines is 2. The van der Waals surface area contributed by atoms with Crippen LogP contribution in [0.2, 0.25) is 0 Å². The van der Waals surface area contributed by atoms with Crippen LogP contribution in [0.4, 0.5) is 11.6 Å². The number of hydrogen-bond donors (Lipinski definition) is 2. The van der Waals surface area contributed by atoms with Gasteiger partial charge < -0.3 is 16.0 Å². The molecule has 1 unspecified atom stereocenters. The first-order valence-electron chi connectivity index (χ1n) is 12.1. The molecule has 0 spiro atoms. The molecule has 10 nitrogen and oxygen atoms in total. The molecule has 0 bridgehead atoms. The zero-order chi connectivity index (χ0) is 25.9. The van der Waals surface area contributed by atoms with E-state index in [2.05, 4.69) is 32.1 Å². The highest BCUT2D eigenvalue weighted by Gasteiger charge is 2.30. The third kappa shape index (κ3) is 4.84. The molecule has 37 heavy (non-hydrogen) atoms. The third-order valence-electron chi connectivity index (χ3n) is 6.26. The van der Waals surface area contributed by atoms with Crippen LogP contribution < -0.4 is 11.1 Å². The van der Waals surface area contributed by atoms with Gasteiger partial charge in [0, 0.05) is 36.8 Å². The summed E-state index contributed by atoms with van der Waals surface area (Å²) in [6, 6.07) is 10.7. The van der Waals surface area contributed by atoms with E-state index in [-0.39, 0.29) is 17.9 Å². The molecule has 0 radical (unpaired) electrons. The zero-order valence-corrected chi connectivity index (χ0v) is 20.6. The molecule has 1 fully saturated rings. The van der Waals surface area contributed by atoms with Gasteiger partial charge in [0.05, 0.1) is 11.4 Å². The number of benzene rings is 1. The molecule has 186 valence electrons. The molecular weight excluding hydrogens is 468 g/mol. The lowest BCUT2D eigenvalue weighted by Gasteiger charge is -2.14. The highest BCUT2D eigenvalue weighted by Crippen LogP contribution is 2.34. The molecule has 3 N–H and O–H groups in total. The second kappa shape index (κ2) is 10.1. The van der Waals surface area contributed by atoms with Crippen molar-refractivity contribution in [1.82, 2.24) is 29.6 Å². The number of nitrogens with two attached hydrogens (primary N) is 1. The summed E-state index contributed by atoms with van der Waals surface area (Å²) < 4.78 is 1.83. The summed E-state index contributed by atoms with van der Waals surface area (Å²) in [6.07, 6.45) is 4.43. The van der Waals surface area contributed by atoms with Gasteiger partial charge in [0.2, 0.25) is 0 Å². The van der Waals surface area contributed by atoms with Crippen LogP contribution in [0.25, 0.3) is 22.3 Å². The molecule has 0 saturated carbocycles. The van der Waals surface area contributed by atoms with E-state index in [4.69, 9.17) is 10.8 Å². The van der Waals surface area contributed by atoms with Crippen molar-refractivity contribution in [2.24, 2.45) is 0 Å². The van der Waals surface area contributed by atoms with E-state index in [1.54, 1.807) is 23.2 Å². The summed E-state index contributed by atoms with van der Waals surface area (Å²) >= 11 is 0. The Hall–Kier alpha value is -4.78. The van der Waals surface area contributed by atoms with Crippen LogP contribution >= 0.6 is 0 Å². The number of nitrogens with zero attached hydrogens (tertiary/aromatic N) is 6. The van der Waals surface area contributed by atoms with Crippen LogP contribution in [0.15, 0.2) is 48.9 Å². The summed E-state index contributed by atoms with van der Waals surface area (Å²) in [5.41, 5.74) is 9.75. The monoisotopic (exact) mass is 494 g/mol. The summed E-state index contributed by atoms with van der Waals surface area (Å²) in [4.78, 5) is 39.6. The minimum absolute atomic E-state index is 0.0650. The Balaban J connectivity index is 1.43. The van der Waals surface area contributed by atoms with Crippen molar-refractivity contribution in [3.63, 3.8) is 0 Å². The number of fused-ring (bicyclic) bond motifs is 1. The zero-order valence-electron chi connectivity index (χ0n) is 20.6. The second-order valence-electron chi connectivity index (χ2n) is 8.85. The van der Waals surface area contributed by atoms with Crippen molar-refractivity contribution in [1.29, 1.82) is 0 Å². The smallest absolute Gasteiger partial charge is 0.298 e. The molecule has 1 atom stereocenters. The maximum absolute atomic E-state index is 12.7. The minimum Gasteiger partial charge on any atom is -0.383 e. The van der Waals surface area contributed by atoms with Gasteiger partial charge in [0.25, 0.3) is 11.8 Å². The fourth-order valence-corrected chi connectivity index (χ4v) is 4.39. The Kier molecular flexibility index (Phi) is 6.51. The van der Waals surface area contributed by atoms with Crippen LogP contribution in [0.1, 0.15) is 41.7 Å². The van der Waals surface area contributed by atoms with Gasteiger partial charge in [-0.1, -0.05) is 25.0 Å². The molecule has 0 aliphatic carbocycles. The van der Waals surface area contributed by atoms with Crippen molar-refractivity contribution >= 4 is 34.5 Å². The average Bonchev–Trinajstić information content (AvgIpc) is 3.53. The molecular formula is C27H26N8O2. The highest BCUT2D eigenvalue weighted by molar-refractivity contribution is 6.04. The Labute approximate surface area is 213 Å². The second-order valence-corrected chi connectivity index (χ2v) is 8.85. The average molecular weight is 495 g/mol. The van der Waals surface area contributed by atoms with Gasteiger partial charge in [-0.05, 0) is 49.1 Å². The molecule has 10 heteroatoms. The van der Waals surface area contributed by atoms with E-state index >= 15 is 0 Å². The number of aromatic nitrogens is 5. The van der Waals surface area contributed by atoms with Crippen molar-refractivity contribution < 1.29 is 9.59 Å². The number of rotatable bonds is 4. The Morgan fingerprint density at radius 2 is 1.97 bits per heavy atom. The van der Waals surface area contributed by atoms with Crippen molar-refractivity contribution in [3.8, 4) is 23.1 Å². The van der Waals surface area contributed by atoms with Crippen molar-refractivity contribution in [2.45, 2.75) is 32.7 Å². The molecule has 5 rings (SSSR count). The number of hydrogen-bond acceptors (Lipinski definition) is 7. The lowest BCUT2D eigenvalue weighted by Crippen LogP contribution is -2.28. The maximum atomic E-state index is 12.7. The maximum Gasteiger partial charge on any atom is 0.298 e. The van der Waals surface area contributed by atoms with Gasteiger partial charge in [-0.25, -0.2) is 19.6 Å². The summed E-state index contributed by atoms with van der Waals surface area (Å²) in [5, 5.41) is 8.31. The topological polar surface area (TPSA) is 132 Å². The molecule has 1 saturated heterocycles. The largest absolute Gasteiger partial charge is 0.383 e. The molecule has 3 aromatic heterocycles. The predicted molar refractivity (Wildman–Crippen MR) is 140 cm³/mol. The first kappa shape index (κ1) is 23.9. The van der Waals surface area contributed by atoms with E-state index in [0.717, 1.165) is 17.5 Å². The van der Waals surface area contributed by atoms with Gasteiger partial charge in [-0.2, -0.15) is 5.10 Å². The summed E-state index contributed by atoms with van der Waals surface area (Å²) in [7, 11) is 0. The summed E-state index contributed by atoms with van der Waals surface area (Å²) in [6.45, 7) is 4.93. The van der Waals surface area contributed by atoms with Crippen LogP contribution in [-0.2, 0) is 4.79 Å². The third-order valence-corrected chi connectivity index (χ3v) is 6.26. The van der Waals surface area contributed by atoms with Gasteiger partial charge >= 0.3 is 0 Å². The molecule has 4 heterocycles. The normalized spacial score (nSPS) is 14.9. The Bertz CT molecular complexity index is 1550. The van der Waals surface area contributed by atoms with E-state index in [9.17, 15) is 9.59 Å². The Morgan fingerprint density at radius 1 is 1.16 bits per heavy atom.